The van der Waals surface area contributed by atoms with E-state index >= 15 is 0 Å². The zero-order chi connectivity index (χ0) is 21.4. The number of anilines is 1. The second-order valence-electron chi connectivity index (χ2n) is 8.05. The van der Waals surface area contributed by atoms with Crippen molar-refractivity contribution >= 4 is 43.8 Å². The summed E-state index contributed by atoms with van der Waals surface area (Å²) in [5.74, 6) is 0.672. The first-order valence-electron chi connectivity index (χ1n) is 10.7. The number of ether oxygens (including phenoxy) is 1. The summed E-state index contributed by atoms with van der Waals surface area (Å²) in [4.78, 5) is 19.3. The van der Waals surface area contributed by atoms with Crippen LogP contribution in [0.2, 0.25) is 0 Å². The van der Waals surface area contributed by atoms with Crippen LogP contribution in [0.25, 0.3) is 20.8 Å². The molecule has 2 heterocycles. The van der Waals surface area contributed by atoms with Crippen LogP contribution < -0.4 is 10.1 Å². The van der Waals surface area contributed by atoms with Crippen molar-refractivity contribution < 1.29 is 9.53 Å². The number of fused-ring (bicyclic) bond motifs is 2. The van der Waals surface area contributed by atoms with E-state index in [1.807, 2.05) is 56.3 Å². The van der Waals surface area contributed by atoms with Crippen molar-refractivity contribution in [1.82, 2.24) is 4.98 Å². The minimum atomic E-state index is -0.0999. The summed E-state index contributed by atoms with van der Waals surface area (Å²) >= 11 is 3.41. The molecule has 2 aromatic carbocycles. The Kier molecular flexibility index (Phi) is 5.50. The van der Waals surface area contributed by atoms with E-state index in [2.05, 4.69) is 11.4 Å². The summed E-state index contributed by atoms with van der Waals surface area (Å²) in [6.45, 7) is 3.98. The zero-order valence-corrected chi connectivity index (χ0v) is 19.2. The van der Waals surface area contributed by atoms with Crippen molar-refractivity contribution in [3.63, 3.8) is 0 Å². The summed E-state index contributed by atoms with van der Waals surface area (Å²) in [6.07, 6.45) is 4.63. The van der Waals surface area contributed by atoms with Gasteiger partial charge in [0, 0.05) is 16.0 Å². The van der Waals surface area contributed by atoms with E-state index in [-0.39, 0.29) is 12.0 Å². The molecule has 0 saturated heterocycles. The molecule has 0 atom stereocenters. The molecule has 4 aromatic rings. The maximum Gasteiger partial charge on any atom is 0.256 e. The highest BCUT2D eigenvalue weighted by molar-refractivity contribution is 7.23. The van der Waals surface area contributed by atoms with Gasteiger partial charge in [0.05, 0.1) is 16.3 Å². The Balaban J connectivity index is 1.49. The number of aromatic nitrogens is 1. The third kappa shape index (κ3) is 4.10. The van der Waals surface area contributed by atoms with Crippen LogP contribution in [0.5, 0.6) is 5.75 Å². The Bertz CT molecular complexity index is 1210. The average molecular weight is 449 g/mol. The second-order valence-corrected chi connectivity index (χ2v) is 10.2. The fourth-order valence-corrected chi connectivity index (χ4v) is 6.39. The number of aryl methyl sites for hydroxylation is 1. The zero-order valence-electron chi connectivity index (χ0n) is 17.6. The smallest absolute Gasteiger partial charge is 0.256 e. The molecule has 4 nitrogen and oxygen atoms in total. The number of nitrogens with zero attached hydrogens (tertiary/aromatic N) is 1. The van der Waals surface area contributed by atoms with Gasteiger partial charge in [-0.25, -0.2) is 4.98 Å². The van der Waals surface area contributed by atoms with Crippen molar-refractivity contribution in [3.05, 3.63) is 64.5 Å². The molecular weight excluding hydrogens is 424 g/mol. The number of hydrogen-bond acceptors (Lipinski definition) is 5. The molecule has 158 valence electrons. The summed E-state index contributed by atoms with van der Waals surface area (Å²) in [7, 11) is 0. The molecule has 1 amide bonds. The summed E-state index contributed by atoms with van der Waals surface area (Å²) in [5, 5.41) is 5.10. The Labute approximate surface area is 189 Å². The van der Waals surface area contributed by atoms with Gasteiger partial charge >= 0.3 is 0 Å². The SMILES string of the molecule is CC(C)Oc1ccc(C(=O)Nc2sc3c(c2-c2nc4ccccc4s2)CCCC3)cc1. The minimum Gasteiger partial charge on any atom is -0.491 e. The van der Waals surface area contributed by atoms with E-state index in [1.165, 1.54) is 28.0 Å². The van der Waals surface area contributed by atoms with Crippen LogP contribution in [-0.4, -0.2) is 17.0 Å². The van der Waals surface area contributed by atoms with Crippen LogP contribution in [0.3, 0.4) is 0 Å². The lowest BCUT2D eigenvalue weighted by Gasteiger charge is -2.12. The summed E-state index contributed by atoms with van der Waals surface area (Å²) in [5.41, 5.74) is 4.12. The predicted molar refractivity (Wildman–Crippen MR) is 130 cm³/mol. The highest BCUT2D eigenvalue weighted by Crippen LogP contribution is 2.46. The van der Waals surface area contributed by atoms with Gasteiger partial charge in [-0.3, -0.25) is 4.79 Å². The van der Waals surface area contributed by atoms with E-state index in [0.717, 1.165) is 39.7 Å². The number of hydrogen-bond donors (Lipinski definition) is 1. The normalized spacial score (nSPS) is 13.4. The molecule has 0 radical (unpaired) electrons. The summed E-state index contributed by atoms with van der Waals surface area (Å²) < 4.78 is 6.86. The first-order chi connectivity index (χ1) is 15.1. The second kappa shape index (κ2) is 8.44. The molecule has 1 N–H and O–H groups in total. The van der Waals surface area contributed by atoms with Gasteiger partial charge in [-0.2, -0.15) is 0 Å². The molecule has 0 bridgehead atoms. The Morgan fingerprint density at radius 3 is 2.58 bits per heavy atom. The lowest BCUT2D eigenvalue weighted by Crippen LogP contribution is -2.12. The Morgan fingerprint density at radius 2 is 1.81 bits per heavy atom. The molecule has 31 heavy (non-hydrogen) atoms. The molecule has 0 spiro atoms. The van der Waals surface area contributed by atoms with E-state index in [4.69, 9.17) is 9.72 Å². The lowest BCUT2D eigenvalue weighted by molar-refractivity contribution is 0.102. The van der Waals surface area contributed by atoms with Crippen LogP contribution in [0.1, 0.15) is 47.5 Å². The number of rotatable bonds is 5. The van der Waals surface area contributed by atoms with Gasteiger partial charge in [-0.15, -0.1) is 22.7 Å². The monoisotopic (exact) mass is 448 g/mol. The highest BCUT2D eigenvalue weighted by Gasteiger charge is 2.25. The predicted octanol–water partition coefficient (Wildman–Crippen LogP) is 6.94. The van der Waals surface area contributed by atoms with Crippen molar-refractivity contribution in [2.24, 2.45) is 0 Å². The first-order valence-corrected chi connectivity index (χ1v) is 12.3. The minimum absolute atomic E-state index is 0.0999. The van der Waals surface area contributed by atoms with Gasteiger partial charge in [-0.05, 0) is 81.5 Å². The first kappa shape index (κ1) is 20.2. The number of benzene rings is 2. The van der Waals surface area contributed by atoms with Gasteiger partial charge in [0.1, 0.15) is 15.8 Å². The van der Waals surface area contributed by atoms with Crippen molar-refractivity contribution in [2.75, 3.05) is 5.32 Å². The fraction of sp³-hybridized carbons (Fsp3) is 0.280. The van der Waals surface area contributed by atoms with E-state index < -0.39 is 0 Å². The molecule has 0 aliphatic heterocycles. The fourth-order valence-electron chi connectivity index (χ4n) is 3.99. The van der Waals surface area contributed by atoms with Crippen LogP contribution in [0.4, 0.5) is 5.00 Å². The molecule has 0 unspecified atom stereocenters. The lowest BCUT2D eigenvalue weighted by atomic mass is 9.95. The number of thiazole rings is 1. The van der Waals surface area contributed by atoms with Gasteiger partial charge in [-0.1, -0.05) is 12.1 Å². The van der Waals surface area contributed by atoms with Gasteiger partial charge in [0.25, 0.3) is 5.91 Å². The third-order valence-electron chi connectivity index (χ3n) is 5.39. The highest BCUT2D eigenvalue weighted by atomic mass is 32.1. The summed E-state index contributed by atoms with van der Waals surface area (Å²) in [6, 6.07) is 15.6. The quantitative estimate of drug-likeness (QED) is 0.360. The number of para-hydroxylation sites is 1. The molecule has 6 heteroatoms. The largest absolute Gasteiger partial charge is 0.491 e. The van der Waals surface area contributed by atoms with Gasteiger partial charge in [0.2, 0.25) is 0 Å². The molecule has 0 fully saturated rings. The molecule has 5 rings (SSSR count). The van der Waals surface area contributed by atoms with Gasteiger partial charge < -0.3 is 10.1 Å². The van der Waals surface area contributed by atoms with Crippen molar-refractivity contribution in [2.45, 2.75) is 45.6 Å². The van der Waals surface area contributed by atoms with Crippen molar-refractivity contribution in [3.8, 4) is 16.3 Å². The van der Waals surface area contributed by atoms with Crippen LogP contribution in [-0.2, 0) is 12.8 Å². The molecule has 0 saturated carbocycles. The van der Waals surface area contributed by atoms with Crippen LogP contribution in [0, 0.1) is 0 Å². The third-order valence-corrected chi connectivity index (χ3v) is 7.66. The molecular formula is C25H24N2O2S2. The number of nitrogens with one attached hydrogen (secondary N) is 1. The van der Waals surface area contributed by atoms with Crippen molar-refractivity contribution in [1.29, 1.82) is 0 Å². The van der Waals surface area contributed by atoms with E-state index in [9.17, 15) is 4.79 Å². The topological polar surface area (TPSA) is 51.2 Å². The van der Waals surface area contributed by atoms with Crippen LogP contribution in [0.15, 0.2) is 48.5 Å². The van der Waals surface area contributed by atoms with E-state index in [0.29, 0.717) is 5.56 Å². The number of thiophene rings is 1. The number of carbonyl (C=O) groups is 1. The molecule has 1 aliphatic rings. The maximum atomic E-state index is 13.1. The molecule has 2 aromatic heterocycles. The number of carbonyl (C=O) groups excluding carboxylic acids is 1. The average Bonchev–Trinajstić information content (AvgIpc) is 3.34. The molecule has 1 aliphatic carbocycles. The Morgan fingerprint density at radius 1 is 1.03 bits per heavy atom. The van der Waals surface area contributed by atoms with Gasteiger partial charge in [0.15, 0.2) is 0 Å². The maximum absolute atomic E-state index is 13.1. The standard InChI is InChI=1S/C25H24N2O2S2/c1-15(2)29-17-13-11-16(12-14-17)23(28)27-25-22(18-7-3-5-9-20(18)30-25)24-26-19-8-4-6-10-21(19)31-24/h4,6,8,10-15H,3,5,7,9H2,1-2H3,(H,27,28). The van der Waals surface area contributed by atoms with Crippen LogP contribution >= 0.6 is 22.7 Å². The van der Waals surface area contributed by atoms with E-state index in [1.54, 1.807) is 22.7 Å². The number of amides is 1. The Hall–Kier alpha value is -2.70.